The van der Waals surface area contributed by atoms with Crippen molar-refractivity contribution in [2.24, 2.45) is 0 Å². The molecule has 0 bridgehead atoms. The minimum atomic E-state index is 0. The fraction of sp³-hybridized carbons (Fsp3) is 0. The van der Waals surface area contributed by atoms with Crippen LogP contribution in [0.1, 0.15) is 0 Å². The molecule has 4 rings (SSSR count). The third-order valence-electron chi connectivity index (χ3n) is 3.58. The van der Waals surface area contributed by atoms with E-state index in [4.69, 9.17) is 23.2 Å². The van der Waals surface area contributed by atoms with Gasteiger partial charge in [0.25, 0.3) is 0 Å². The summed E-state index contributed by atoms with van der Waals surface area (Å²) in [5.41, 5.74) is 3.02. The summed E-state index contributed by atoms with van der Waals surface area (Å²) in [6.45, 7) is 0. The van der Waals surface area contributed by atoms with Crippen LogP contribution >= 0.6 is 46.9 Å². The fourth-order valence-corrected chi connectivity index (χ4v) is 4.00. The second kappa shape index (κ2) is 7.58. The molecule has 0 amide bonds. The van der Waals surface area contributed by atoms with E-state index in [-0.39, 0.29) is 12.4 Å². The lowest BCUT2D eigenvalue weighted by Crippen LogP contribution is -1.95. The Morgan fingerprint density at radius 1 is 0.920 bits per heavy atom. The van der Waals surface area contributed by atoms with Crippen molar-refractivity contribution >= 4 is 68.7 Å². The molecule has 0 aliphatic heterocycles. The molecule has 25 heavy (non-hydrogen) atoms. The van der Waals surface area contributed by atoms with E-state index in [1.807, 2.05) is 30.3 Å². The summed E-state index contributed by atoms with van der Waals surface area (Å²) >= 11 is 13.8. The number of hydrogen-bond acceptors (Lipinski definition) is 4. The van der Waals surface area contributed by atoms with Gasteiger partial charge < -0.3 is 5.32 Å². The molecule has 3 nitrogen and oxygen atoms in total. The normalized spacial score (nSPS) is 10.5. The second-order valence-corrected chi connectivity index (χ2v) is 6.93. The van der Waals surface area contributed by atoms with Crippen molar-refractivity contribution in [2.75, 3.05) is 5.32 Å². The van der Waals surface area contributed by atoms with E-state index in [0.717, 1.165) is 32.8 Å². The largest absolute Gasteiger partial charge is 0.339 e. The van der Waals surface area contributed by atoms with Crippen LogP contribution in [-0.2, 0) is 0 Å². The van der Waals surface area contributed by atoms with Crippen LogP contribution in [0.5, 0.6) is 0 Å². The predicted molar refractivity (Wildman–Crippen MR) is 110 cm³/mol. The van der Waals surface area contributed by atoms with E-state index < -0.39 is 0 Å². The molecule has 0 radical (unpaired) electrons. The predicted octanol–water partition coefficient (Wildman–Crippen LogP) is 6.83. The first kappa shape index (κ1) is 18.0. The highest BCUT2D eigenvalue weighted by atomic mass is 35.5. The lowest BCUT2D eigenvalue weighted by Gasteiger charge is -2.09. The van der Waals surface area contributed by atoms with Gasteiger partial charge in [-0.15, -0.1) is 23.7 Å². The lowest BCUT2D eigenvalue weighted by molar-refractivity contribution is 1.23. The van der Waals surface area contributed by atoms with E-state index in [1.54, 1.807) is 23.7 Å². The maximum Gasteiger partial charge on any atom is 0.143 e. The summed E-state index contributed by atoms with van der Waals surface area (Å²) in [6, 6.07) is 15.5. The van der Waals surface area contributed by atoms with Gasteiger partial charge in [-0.05, 0) is 23.8 Å². The van der Waals surface area contributed by atoms with Crippen LogP contribution in [0.3, 0.4) is 0 Å². The van der Waals surface area contributed by atoms with E-state index in [1.165, 1.54) is 0 Å². The fourth-order valence-electron chi connectivity index (χ4n) is 2.56. The van der Waals surface area contributed by atoms with Gasteiger partial charge in [-0.1, -0.05) is 53.5 Å². The Morgan fingerprint density at radius 2 is 1.64 bits per heavy atom. The smallest absolute Gasteiger partial charge is 0.143 e. The van der Waals surface area contributed by atoms with Crippen molar-refractivity contribution < 1.29 is 0 Å². The van der Waals surface area contributed by atoms with Crippen molar-refractivity contribution in [2.45, 2.75) is 0 Å². The maximum atomic E-state index is 6.09. The van der Waals surface area contributed by atoms with Crippen molar-refractivity contribution in [1.82, 2.24) is 9.97 Å². The first-order valence-corrected chi connectivity index (χ1v) is 8.85. The van der Waals surface area contributed by atoms with Crippen LogP contribution in [0.15, 0.2) is 60.2 Å². The van der Waals surface area contributed by atoms with Gasteiger partial charge in [0, 0.05) is 26.7 Å². The molecule has 2 heterocycles. The molecular weight excluding hydrogens is 397 g/mol. The number of thiophene rings is 1. The molecule has 0 unspecified atom stereocenters. The SMILES string of the molecule is Cl.Clc1cc(Cl)cc(Nc2ncnc3scc(-c4ccccc4)c23)c1. The molecule has 2 aromatic heterocycles. The molecule has 0 spiro atoms. The van der Waals surface area contributed by atoms with Crippen LogP contribution in [-0.4, -0.2) is 9.97 Å². The van der Waals surface area contributed by atoms with Gasteiger partial charge in [-0.3, -0.25) is 0 Å². The highest BCUT2D eigenvalue weighted by molar-refractivity contribution is 7.17. The van der Waals surface area contributed by atoms with Gasteiger partial charge in [0.05, 0.1) is 5.39 Å². The summed E-state index contributed by atoms with van der Waals surface area (Å²) in [5.74, 6) is 0.735. The summed E-state index contributed by atoms with van der Waals surface area (Å²) in [4.78, 5) is 9.73. The molecule has 0 saturated carbocycles. The molecular formula is C18H12Cl3N3S. The molecule has 0 aliphatic carbocycles. The molecule has 1 N–H and O–H groups in total. The average molecular weight is 409 g/mol. The van der Waals surface area contributed by atoms with Crippen molar-refractivity contribution in [3.05, 3.63) is 70.3 Å². The Hall–Kier alpha value is -1.85. The van der Waals surface area contributed by atoms with Gasteiger partial charge in [-0.2, -0.15) is 0 Å². The molecule has 7 heteroatoms. The van der Waals surface area contributed by atoms with Crippen molar-refractivity contribution in [3.63, 3.8) is 0 Å². The second-order valence-electron chi connectivity index (χ2n) is 5.20. The Balaban J connectivity index is 0.00000182. The highest BCUT2D eigenvalue weighted by Crippen LogP contribution is 2.37. The number of halogens is 3. The van der Waals surface area contributed by atoms with Crippen LogP contribution in [0.2, 0.25) is 10.0 Å². The number of benzene rings is 2. The zero-order chi connectivity index (χ0) is 16.5. The minimum Gasteiger partial charge on any atom is -0.339 e. The first-order valence-electron chi connectivity index (χ1n) is 7.21. The summed E-state index contributed by atoms with van der Waals surface area (Å²) in [7, 11) is 0. The number of anilines is 2. The average Bonchev–Trinajstić information content (AvgIpc) is 3.00. The molecule has 0 fully saturated rings. The third-order valence-corrected chi connectivity index (χ3v) is 4.90. The molecule has 4 aromatic rings. The van der Waals surface area contributed by atoms with Crippen LogP contribution in [0, 0.1) is 0 Å². The summed E-state index contributed by atoms with van der Waals surface area (Å²) < 4.78 is 0. The van der Waals surface area contributed by atoms with Gasteiger partial charge in [0.15, 0.2) is 0 Å². The number of nitrogens with zero attached hydrogens (tertiary/aromatic N) is 2. The van der Waals surface area contributed by atoms with Gasteiger partial charge in [0.1, 0.15) is 17.0 Å². The quantitative estimate of drug-likeness (QED) is 0.403. The monoisotopic (exact) mass is 407 g/mol. The number of rotatable bonds is 3. The van der Waals surface area contributed by atoms with E-state index >= 15 is 0 Å². The third kappa shape index (κ3) is 3.72. The van der Waals surface area contributed by atoms with Crippen molar-refractivity contribution in [1.29, 1.82) is 0 Å². The lowest BCUT2D eigenvalue weighted by atomic mass is 10.1. The molecule has 0 aliphatic rings. The van der Waals surface area contributed by atoms with E-state index in [0.29, 0.717) is 10.0 Å². The Kier molecular flexibility index (Phi) is 5.45. The van der Waals surface area contributed by atoms with Crippen LogP contribution in [0.25, 0.3) is 21.3 Å². The standard InChI is InChI=1S/C18H11Cl2N3S.ClH/c19-12-6-13(20)8-14(7-12)23-17-16-15(11-4-2-1-3-5-11)9-24-18(16)22-10-21-17;/h1-10H,(H,21,22,23);1H. The summed E-state index contributed by atoms with van der Waals surface area (Å²) in [5, 5.41) is 7.55. The number of nitrogens with one attached hydrogen (secondary N) is 1. The first-order chi connectivity index (χ1) is 11.7. The van der Waals surface area contributed by atoms with Crippen LogP contribution < -0.4 is 5.32 Å². The zero-order valence-corrected chi connectivity index (χ0v) is 15.9. The highest BCUT2D eigenvalue weighted by Gasteiger charge is 2.13. The molecule has 0 atom stereocenters. The Labute approximate surface area is 165 Å². The topological polar surface area (TPSA) is 37.8 Å². The van der Waals surface area contributed by atoms with E-state index in [9.17, 15) is 0 Å². The van der Waals surface area contributed by atoms with Gasteiger partial charge >= 0.3 is 0 Å². The zero-order valence-electron chi connectivity index (χ0n) is 12.7. The van der Waals surface area contributed by atoms with E-state index in [2.05, 4.69) is 32.8 Å². The molecule has 2 aromatic carbocycles. The van der Waals surface area contributed by atoms with Gasteiger partial charge in [0.2, 0.25) is 0 Å². The number of fused-ring (bicyclic) bond motifs is 1. The molecule has 126 valence electrons. The number of aromatic nitrogens is 2. The number of hydrogen-bond donors (Lipinski definition) is 1. The minimum absolute atomic E-state index is 0. The molecule has 0 saturated heterocycles. The van der Waals surface area contributed by atoms with Gasteiger partial charge in [-0.25, -0.2) is 9.97 Å². The summed E-state index contributed by atoms with van der Waals surface area (Å²) in [6.07, 6.45) is 1.56. The van der Waals surface area contributed by atoms with Crippen LogP contribution in [0.4, 0.5) is 11.5 Å². The maximum absolute atomic E-state index is 6.09. The Bertz CT molecular complexity index is 998. The Morgan fingerprint density at radius 3 is 2.36 bits per heavy atom. The van der Waals surface area contributed by atoms with Crippen molar-refractivity contribution in [3.8, 4) is 11.1 Å².